The van der Waals surface area contributed by atoms with Crippen molar-refractivity contribution in [3.8, 4) is 0 Å². The molecule has 1 N–H and O–H groups in total. The summed E-state index contributed by atoms with van der Waals surface area (Å²) in [7, 11) is 0. The predicted octanol–water partition coefficient (Wildman–Crippen LogP) is 3.38. The minimum atomic E-state index is -0.932. The average molecular weight is 356 g/mol. The number of hydrogen-bond donors (Lipinski definition) is 1. The molecule has 2 aromatic rings. The lowest BCUT2D eigenvalue weighted by molar-refractivity contribution is -0.154. The molecule has 23 heavy (non-hydrogen) atoms. The molecular formula is C16H15Cl2NO4. The molecule has 0 aliphatic carbocycles. The Labute approximate surface area is 143 Å². The number of benzene rings is 1. The van der Waals surface area contributed by atoms with E-state index in [1.807, 2.05) is 0 Å². The summed E-state index contributed by atoms with van der Waals surface area (Å²) in [5.41, 5.74) is 0.476. The van der Waals surface area contributed by atoms with Crippen LogP contribution in [0.3, 0.4) is 0 Å². The van der Waals surface area contributed by atoms with E-state index in [9.17, 15) is 9.59 Å². The molecule has 2 rings (SSSR count). The Balaban J connectivity index is 1.85. The highest BCUT2D eigenvalue weighted by molar-refractivity contribution is 6.36. The van der Waals surface area contributed by atoms with Gasteiger partial charge in [0.05, 0.1) is 19.2 Å². The van der Waals surface area contributed by atoms with Crippen molar-refractivity contribution in [3.05, 3.63) is 58.0 Å². The van der Waals surface area contributed by atoms with Crippen LogP contribution in [0.2, 0.25) is 10.0 Å². The number of ether oxygens (including phenoxy) is 1. The van der Waals surface area contributed by atoms with Crippen molar-refractivity contribution in [2.24, 2.45) is 0 Å². The summed E-state index contributed by atoms with van der Waals surface area (Å²) in [6.07, 6.45) is 0.478. The van der Waals surface area contributed by atoms with Crippen molar-refractivity contribution in [2.75, 3.05) is 0 Å². The van der Waals surface area contributed by atoms with Crippen LogP contribution < -0.4 is 5.32 Å². The lowest BCUT2D eigenvalue weighted by Crippen LogP contribution is -2.35. The number of rotatable bonds is 6. The largest absolute Gasteiger partial charge is 0.467 e. The van der Waals surface area contributed by atoms with Crippen molar-refractivity contribution in [1.29, 1.82) is 0 Å². The number of hydrogen-bond acceptors (Lipinski definition) is 4. The van der Waals surface area contributed by atoms with E-state index in [2.05, 4.69) is 5.32 Å². The Morgan fingerprint density at radius 3 is 2.52 bits per heavy atom. The first kappa shape index (κ1) is 17.4. The summed E-state index contributed by atoms with van der Waals surface area (Å²) in [5, 5.41) is 3.37. The van der Waals surface area contributed by atoms with Gasteiger partial charge in [0.1, 0.15) is 5.76 Å². The molecule has 1 heterocycles. The maximum Gasteiger partial charge on any atom is 0.311 e. The number of amides is 1. The summed E-state index contributed by atoms with van der Waals surface area (Å²) in [6.45, 7) is 1.72. The van der Waals surface area contributed by atoms with Gasteiger partial charge in [-0.05, 0) is 31.2 Å². The number of furan rings is 1. The summed E-state index contributed by atoms with van der Waals surface area (Å²) in [4.78, 5) is 23.8. The number of carbonyl (C=O) groups excluding carboxylic acids is 2. The Kier molecular flexibility index (Phi) is 6.07. The molecule has 0 bridgehead atoms. The summed E-state index contributed by atoms with van der Waals surface area (Å²) < 4.78 is 10.2. The lowest BCUT2D eigenvalue weighted by atomic mass is 10.1. The average Bonchev–Trinajstić information content (AvgIpc) is 3.02. The Morgan fingerprint density at radius 2 is 1.91 bits per heavy atom. The van der Waals surface area contributed by atoms with E-state index < -0.39 is 18.0 Å². The molecule has 0 fully saturated rings. The highest BCUT2D eigenvalue weighted by Crippen LogP contribution is 2.25. The summed E-state index contributed by atoms with van der Waals surface area (Å²) in [5.74, 6) is -0.389. The van der Waals surface area contributed by atoms with Gasteiger partial charge >= 0.3 is 5.97 Å². The van der Waals surface area contributed by atoms with Crippen molar-refractivity contribution < 1.29 is 18.7 Å². The van der Waals surface area contributed by atoms with E-state index >= 15 is 0 Å². The molecule has 1 atom stereocenters. The quantitative estimate of drug-likeness (QED) is 0.806. The van der Waals surface area contributed by atoms with Crippen LogP contribution in [0.4, 0.5) is 0 Å². The van der Waals surface area contributed by atoms with E-state index in [1.165, 1.54) is 13.2 Å². The number of nitrogens with one attached hydrogen (secondary N) is 1. The van der Waals surface area contributed by atoms with Crippen molar-refractivity contribution >= 4 is 35.1 Å². The van der Waals surface area contributed by atoms with Gasteiger partial charge in [-0.3, -0.25) is 9.59 Å². The van der Waals surface area contributed by atoms with E-state index in [0.29, 0.717) is 21.4 Å². The third kappa shape index (κ3) is 5.01. The van der Waals surface area contributed by atoms with Gasteiger partial charge in [-0.1, -0.05) is 29.3 Å². The third-order valence-electron chi connectivity index (χ3n) is 3.08. The van der Waals surface area contributed by atoms with E-state index in [0.717, 1.165) is 0 Å². The van der Waals surface area contributed by atoms with Crippen molar-refractivity contribution in [3.63, 3.8) is 0 Å². The Hall–Kier alpha value is -1.98. The van der Waals surface area contributed by atoms with Crippen LogP contribution in [-0.2, 0) is 27.3 Å². The second kappa shape index (κ2) is 8.04. The van der Waals surface area contributed by atoms with Crippen LogP contribution in [0.5, 0.6) is 0 Å². The van der Waals surface area contributed by atoms with Gasteiger partial charge in [0.15, 0.2) is 6.10 Å². The molecule has 0 aliphatic rings. The van der Waals surface area contributed by atoms with Crippen LogP contribution in [0.1, 0.15) is 18.2 Å². The molecule has 5 nitrogen and oxygen atoms in total. The van der Waals surface area contributed by atoms with Crippen LogP contribution in [0.15, 0.2) is 41.0 Å². The number of halogens is 2. The zero-order valence-electron chi connectivity index (χ0n) is 12.3. The number of carbonyl (C=O) groups is 2. The molecule has 1 aromatic heterocycles. The second-order valence-electron chi connectivity index (χ2n) is 4.81. The molecule has 0 saturated carbocycles. The van der Waals surface area contributed by atoms with E-state index in [4.69, 9.17) is 32.4 Å². The second-order valence-corrected chi connectivity index (χ2v) is 5.62. The molecular weight excluding hydrogens is 341 g/mol. The first-order chi connectivity index (χ1) is 11.0. The molecule has 7 heteroatoms. The minimum absolute atomic E-state index is 0.103. The van der Waals surface area contributed by atoms with E-state index in [1.54, 1.807) is 30.3 Å². The SMILES string of the molecule is C[C@H](OC(=O)Cc1c(Cl)cccc1Cl)C(=O)NCc1ccco1. The zero-order valence-corrected chi connectivity index (χ0v) is 13.9. The topological polar surface area (TPSA) is 68.5 Å². The first-order valence-corrected chi connectivity index (χ1v) is 7.65. The molecule has 0 radical (unpaired) electrons. The number of esters is 1. The van der Waals surface area contributed by atoms with Crippen LogP contribution in [-0.4, -0.2) is 18.0 Å². The maximum absolute atomic E-state index is 11.9. The van der Waals surface area contributed by atoms with Gasteiger partial charge < -0.3 is 14.5 Å². The molecule has 0 unspecified atom stereocenters. The van der Waals surface area contributed by atoms with Crippen LogP contribution in [0, 0.1) is 0 Å². The van der Waals surface area contributed by atoms with Gasteiger partial charge in [-0.25, -0.2) is 0 Å². The van der Waals surface area contributed by atoms with Gasteiger partial charge in [-0.15, -0.1) is 0 Å². The molecule has 0 spiro atoms. The Morgan fingerprint density at radius 1 is 1.22 bits per heavy atom. The molecule has 122 valence electrons. The van der Waals surface area contributed by atoms with Crippen LogP contribution >= 0.6 is 23.2 Å². The fourth-order valence-electron chi connectivity index (χ4n) is 1.87. The normalized spacial score (nSPS) is 11.8. The molecule has 0 aliphatic heterocycles. The highest BCUT2D eigenvalue weighted by atomic mass is 35.5. The summed E-state index contributed by atoms with van der Waals surface area (Å²) in [6, 6.07) is 8.41. The van der Waals surface area contributed by atoms with Gasteiger partial charge in [0.25, 0.3) is 5.91 Å². The van der Waals surface area contributed by atoms with E-state index in [-0.39, 0.29) is 13.0 Å². The van der Waals surface area contributed by atoms with Crippen molar-refractivity contribution in [2.45, 2.75) is 26.0 Å². The summed E-state index contributed by atoms with van der Waals surface area (Å²) >= 11 is 12.0. The van der Waals surface area contributed by atoms with Gasteiger partial charge in [-0.2, -0.15) is 0 Å². The monoisotopic (exact) mass is 355 g/mol. The predicted molar refractivity (Wildman–Crippen MR) is 86.3 cm³/mol. The molecule has 1 amide bonds. The molecule has 1 aromatic carbocycles. The standard InChI is InChI=1S/C16H15Cl2NO4/c1-10(16(21)19-9-11-4-3-7-22-11)23-15(20)8-12-13(17)5-2-6-14(12)18/h2-7,10H,8-9H2,1H3,(H,19,21)/t10-/m0/s1. The Bertz CT molecular complexity index is 665. The highest BCUT2D eigenvalue weighted by Gasteiger charge is 2.19. The zero-order chi connectivity index (χ0) is 16.8. The minimum Gasteiger partial charge on any atom is -0.467 e. The fourth-order valence-corrected chi connectivity index (χ4v) is 2.40. The van der Waals surface area contributed by atoms with Crippen molar-refractivity contribution in [1.82, 2.24) is 5.32 Å². The third-order valence-corrected chi connectivity index (χ3v) is 3.79. The lowest BCUT2D eigenvalue weighted by Gasteiger charge is -2.13. The first-order valence-electron chi connectivity index (χ1n) is 6.90. The smallest absolute Gasteiger partial charge is 0.311 e. The maximum atomic E-state index is 11.9. The fraction of sp³-hybridized carbons (Fsp3) is 0.250. The van der Waals surface area contributed by atoms with Gasteiger partial charge in [0, 0.05) is 15.6 Å². The van der Waals surface area contributed by atoms with Gasteiger partial charge in [0.2, 0.25) is 0 Å². The van der Waals surface area contributed by atoms with Crippen LogP contribution in [0.25, 0.3) is 0 Å². The molecule has 0 saturated heterocycles.